The predicted molar refractivity (Wildman–Crippen MR) is 58.8 cm³/mol. The molecule has 88 valence electrons. The van der Waals surface area contributed by atoms with Crippen molar-refractivity contribution in [2.75, 3.05) is 6.61 Å². The molecule has 3 rings (SSSR count). The minimum Gasteiger partial charge on any atom is -0.462 e. The first kappa shape index (κ1) is 10.3. The second-order valence-corrected chi connectivity index (χ2v) is 5.33. The molecule has 16 heavy (non-hydrogen) atoms. The van der Waals surface area contributed by atoms with Crippen LogP contribution in [-0.4, -0.2) is 24.8 Å². The van der Waals surface area contributed by atoms with Crippen LogP contribution in [0.2, 0.25) is 0 Å². The summed E-state index contributed by atoms with van der Waals surface area (Å²) in [6.07, 6.45) is 4.72. The van der Waals surface area contributed by atoms with Crippen molar-refractivity contribution < 1.29 is 14.3 Å². The molecule has 3 aliphatic rings. The summed E-state index contributed by atoms with van der Waals surface area (Å²) in [5.41, 5.74) is 1.43. The van der Waals surface area contributed by atoms with Gasteiger partial charge >= 0.3 is 5.97 Å². The van der Waals surface area contributed by atoms with Crippen molar-refractivity contribution in [1.29, 1.82) is 0 Å². The second-order valence-electron chi connectivity index (χ2n) is 5.33. The van der Waals surface area contributed by atoms with Gasteiger partial charge in [-0.1, -0.05) is 19.9 Å². The van der Waals surface area contributed by atoms with E-state index >= 15 is 0 Å². The maximum Gasteiger partial charge on any atom is 0.309 e. The third-order valence-corrected chi connectivity index (χ3v) is 4.24. The Kier molecular flexibility index (Phi) is 2.32. The molecule has 0 radical (unpaired) electrons. The molecule has 3 heteroatoms. The van der Waals surface area contributed by atoms with E-state index in [4.69, 9.17) is 9.47 Å². The van der Waals surface area contributed by atoms with Crippen molar-refractivity contribution in [1.82, 2.24) is 0 Å². The highest BCUT2D eigenvalue weighted by molar-refractivity contribution is 5.74. The number of allylic oxidation sites excluding steroid dienone is 1. The zero-order chi connectivity index (χ0) is 11.3. The molecule has 0 spiro atoms. The smallest absolute Gasteiger partial charge is 0.309 e. The lowest BCUT2D eigenvalue weighted by Crippen LogP contribution is -2.19. The largest absolute Gasteiger partial charge is 0.462 e. The first-order chi connectivity index (χ1) is 7.66. The average Bonchev–Trinajstić information content (AvgIpc) is 3.01. The van der Waals surface area contributed by atoms with E-state index in [9.17, 15) is 4.79 Å². The van der Waals surface area contributed by atoms with Gasteiger partial charge in [-0.25, -0.2) is 0 Å². The van der Waals surface area contributed by atoms with Gasteiger partial charge in [0.15, 0.2) is 0 Å². The van der Waals surface area contributed by atoms with E-state index in [1.807, 2.05) is 6.92 Å². The molecular formula is C13H18O3. The number of rotatable bonds is 1. The van der Waals surface area contributed by atoms with Gasteiger partial charge in [0.1, 0.15) is 12.2 Å². The SMILES string of the molecule is C[C@@H]1C(=O)O[C@@H]2C[C@H](C)C(C3CO3)=CC[C@H]12. The van der Waals surface area contributed by atoms with Crippen LogP contribution in [0, 0.1) is 17.8 Å². The summed E-state index contributed by atoms with van der Waals surface area (Å²) < 4.78 is 10.8. The Morgan fingerprint density at radius 3 is 2.81 bits per heavy atom. The summed E-state index contributed by atoms with van der Waals surface area (Å²) in [5, 5.41) is 0. The summed E-state index contributed by atoms with van der Waals surface area (Å²) in [6, 6.07) is 0. The van der Waals surface area contributed by atoms with E-state index in [-0.39, 0.29) is 18.0 Å². The molecule has 0 aromatic rings. The van der Waals surface area contributed by atoms with Crippen molar-refractivity contribution in [3.05, 3.63) is 11.6 Å². The zero-order valence-corrected chi connectivity index (χ0v) is 9.81. The fraction of sp³-hybridized carbons (Fsp3) is 0.769. The Morgan fingerprint density at radius 1 is 1.38 bits per heavy atom. The van der Waals surface area contributed by atoms with Gasteiger partial charge in [-0.2, -0.15) is 0 Å². The maximum atomic E-state index is 11.5. The van der Waals surface area contributed by atoms with Gasteiger partial charge in [0.25, 0.3) is 0 Å². The summed E-state index contributed by atoms with van der Waals surface area (Å²) in [6.45, 7) is 5.08. The standard InChI is InChI=1S/C13H18O3/c1-7-5-11-10(8(2)13(14)16-11)4-3-9(7)12-6-15-12/h3,7-8,10-12H,4-6H2,1-2H3/t7-,8-,10+,11+,12?/m0/s1. The first-order valence-electron chi connectivity index (χ1n) is 6.19. The minimum absolute atomic E-state index is 0.0123. The molecule has 0 aromatic heterocycles. The summed E-state index contributed by atoms with van der Waals surface area (Å²) in [5.74, 6) is 0.918. The maximum absolute atomic E-state index is 11.5. The van der Waals surface area contributed by atoms with Crippen molar-refractivity contribution in [2.45, 2.75) is 38.9 Å². The van der Waals surface area contributed by atoms with Crippen LogP contribution in [0.5, 0.6) is 0 Å². The first-order valence-corrected chi connectivity index (χ1v) is 6.19. The Balaban J connectivity index is 1.81. The van der Waals surface area contributed by atoms with Gasteiger partial charge in [0, 0.05) is 5.92 Å². The Bertz CT molecular complexity index is 343. The van der Waals surface area contributed by atoms with Crippen LogP contribution >= 0.6 is 0 Å². The second kappa shape index (κ2) is 3.59. The Labute approximate surface area is 95.8 Å². The fourth-order valence-corrected chi connectivity index (χ4v) is 3.07. The van der Waals surface area contributed by atoms with E-state index in [2.05, 4.69) is 13.0 Å². The number of ether oxygens (including phenoxy) is 2. The van der Waals surface area contributed by atoms with Crippen LogP contribution in [-0.2, 0) is 14.3 Å². The normalized spacial score (nSPS) is 46.8. The van der Waals surface area contributed by atoms with Crippen LogP contribution in [0.15, 0.2) is 11.6 Å². The van der Waals surface area contributed by atoms with Gasteiger partial charge < -0.3 is 9.47 Å². The van der Waals surface area contributed by atoms with Gasteiger partial charge in [-0.3, -0.25) is 4.79 Å². The highest BCUT2D eigenvalue weighted by Crippen LogP contribution is 2.41. The number of epoxide rings is 1. The Hall–Kier alpha value is -0.830. The molecular weight excluding hydrogens is 204 g/mol. The van der Waals surface area contributed by atoms with Gasteiger partial charge in [0.2, 0.25) is 0 Å². The van der Waals surface area contributed by atoms with Crippen LogP contribution in [0.25, 0.3) is 0 Å². The highest BCUT2D eigenvalue weighted by atomic mass is 16.6. The van der Waals surface area contributed by atoms with Crippen molar-refractivity contribution in [3.8, 4) is 0 Å². The van der Waals surface area contributed by atoms with E-state index in [1.54, 1.807) is 0 Å². The molecule has 0 amide bonds. The lowest BCUT2D eigenvalue weighted by molar-refractivity contribution is -0.144. The molecule has 1 aliphatic carbocycles. The van der Waals surface area contributed by atoms with Crippen LogP contribution < -0.4 is 0 Å². The van der Waals surface area contributed by atoms with Gasteiger partial charge in [-0.15, -0.1) is 0 Å². The van der Waals surface area contributed by atoms with E-state index in [1.165, 1.54) is 5.57 Å². The number of carbonyl (C=O) groups excluding carboxylic acids is 1. The highest BCUT2D eigenvalue weighted by Gasteiger charge is 2.44. The average molecular weight is 222 g/mol. The van der Waals surface area contributed by atoms with Crippen LogP contribution in [0.3, 0.4) is 0 Å². The van der Waals surface area contributed by atoms with Crippen molar-refractivity contribution in [2.24, 2.45) is 17.8 Å². The topological polar surface area (TPSA) is 38.8 Å². The molecule has 2 heterocycles. The van der Waals surface area contributed by atoms with Gasteiger partial charge in [0.05, 0.1) is 12.5 Å². The molecule has 0 saturated carbocycles. The van der Waals surface area contributed by atoms with E-state index in [0.29, 0.717) is 17.9 Å². The summed E-state index contributed by atoms with van der Waals surface area (Å²) in [4.78, 5) is 11.5. The quantitative estimate of drug-likeness (QED) is 0.386. The van der Waals surface area contributed by atoms with Crippen LogP contribution in [0.1, 0.15) is 26.7 Å². The number of carbonyl (C=O) groups is 1. The number of hydrogen-bond acceptors (Lipinski definition) is 3. The Morgan fingerprint density at radius 2 is 2.12 bits per heavy atom. The lowest BCUT2D eigenvalue weighted by atomic mass is 9.87. The molecule has 0 N–H and O–H groups in total. The molecule has 5 atom stereocenters. The molecule has 3 nitrogen and oxygen atoms in total. The number of hydrogen-bond donors (Lipinski definition) is 0. The summed E-state index contributed by atoms with van der Waals surface area (Å²) >= 11 is 0. The number of esters is 1. The van der Waals surface area contributed by atoms with Crippen molar-refractivity contribution >= 4 is 5.97 Å². The monoisotopic (exact) mass is 222 g/mol. The summed E-state index contributed by atoms with van der Waals surface area (Å²) in [7, 11) is 0. The van der Waals surface area contributed by atoms with E-state index in [0.717, 1.165) is 19.4 Å². The fourth-order valence-electron chi connectivity index (χ4n) is 3.07. The lowest BCUT2D eigenvalue weighted by Gasteiger charge is -2.18. The van der Waals surface area contributed by atoms with Crippen molar-refractivity contribution in [3.63, 3.8) is 0 Å². The molecule has 0 bridgehead atoms. The predicted octanol–water partition coefficient (Wildman–Crippen LogP) is 1.92. The molecule has 1 unspecified atom stereocenters. The third-order valence-electron chi connectivity index (χ3n) is 4.24. The third kappa shape index (κ3) is 1.58. The molecule has 2 aliphatic heterocycles. The number of fused-ring (bicyclic) bond motifs is 1. The van der Waals surface area contributed by atoms with E-state index < -0.39 is 0 Å². The van der Waals surface area contributed by atoms with Crippen LogP contribution in [0.4, 0.5) is 0 Å². The zero-order valence-electron chi connectivity index (χ0n) is 9.81. The molecule has 2 saturated heterocycles. The van der Waals surface area contributed by atoms with Gasteiger partial charge in [-0.05, 0) is 24.3 Å². The molecule has 0 aromatic carbocycles. The molecule has 2 fully saturated rings. The minimum atomic E-state index is -0.0123.